The van der Waals surface area contributed by atoms with Gasteiger partial charge < -0.3 is 15.6 Å². The van der Waals surface area contributed by atoms with Crippen LogP contribution in [0.15, 0.2) is 101 Å². The number of amides is 1. The van der Waals surface area contributed by atoms with E-state index in [1.54, 1.807) is 11.3 Å². The Morgan fingerprint density at radius 2 is 1.61 bits per heavy atom. The predicted octanol–water partition coefficient (Wildman–Crippen LogP) is 6.11. The Morgan fingerprint density at radius 3 is 2.32 bits per heavy atom. The van der Waals surface area contributed by atoms with Crippen LogP contribution >= 0.6 is 11.3 Å². The molecule has 5 nitrogen and oxygen atoms in total. The monoisotopic (exact) mass is 524 g/mol. The molecule has 3 atom stereocenters. The smallest absolute Gasteiger partial charge is 0.243 e. The zero-order chi connectivity index (χ0) is 26.2. The quantitative estimate of drug-likeness (QED) is 0.277. The van der Waals surface area contributed by atoms with Crippen molar-refractivity contribution < 1.29 is 4.79 Å². The molecule has 0 spiro atoms. The van der Waals surface area contributed by atoms with Crippen LogP contribution in [-0.2, 0) is 11.2 Å². The van der Waals surface area contributed by atoms with Gasteiger partial charge in [0.2, 0.25) is 5.91 Å². The molecule has 1 saturated carbocycles. The van der Waals surface area contributed by atoms with E-state index < -0.39 is 6.04 Å². The Kier molecular flexibility index (Phi) is 8.84. The van der Waals surface area contributed by atoms with Gasteiger partial charge in [0.1, 0.15) is 6.04 Å². The average molecular weight is 525 g/mol. The first-order chi connectivity index (χ1) is 18.7. The van der Waals surface area contributed by atoms with Gasteiger partial charge in [-0.3, -0.25) is 4.79 Å². The number of nitrogens with two attached hydrogens (primary N) is 1. The van der Waals surface area contributed by atoms with Crippen LogP contribution in [0.1, 0.15) is 37.3 Å². The van der Waals surface area contributed by atoms with Crippen molar-refractivity contribution in [2.24, 2.45) is 22.6 Å². The number of nitrogens with zero attached hydrogens (tertiary/aromatic N) is 2. The first-order valence-corrected chi connectivity index (χ1v) is 14.5. The highest BCUT2D eigenvalue weighted by Gasteiger charge is 2.27. The Labute approximate surface area is 229 Å². The molecule has 5 rings (SSSR count). The molecule has 1 aliphatic carbocycles. The molecule has 0 radical (unpaired) electrons. The molecule has 1 fully saturated rings. The zero-order valence-electron chi connectivity index (χ0n) is 21.7. The summed E-state index contributed by atoms with van der Waals surface area (Å²) < 4.78 is 2.14. The van der Waals surface area contributed by atoms with Crippen LogP contribution in [0.2, 0.25) is 0 Å². The molecule has 1 aromatic heterocycles. The van der Waals surface area contributed by atoms with Crippen molar-refractivity contribution in [3.63, 3.8) is 0 Å². The molecule has 0 bridgehead atoms. The fourth-order valence-corrected chi connectivity index (χ4v) is 6.40. The van der Waals surface area contributed by atoms with Crippen molar-refractivity contribution in [2.75, 3.05) is 13.1 Å². The van der Waals surface area contributed by atoms with E-state index >= 15 is 0 Å². The molecular weight excluding hydrogens is 488 g/mol. The predicted molar refractivity (Wildman–Crippen MR) is 156 cm³/mol. The van der Waals surface area contributed by atoms with Gasteiger partial charge in [-0.25, -0.2) is 4.99 Å². The number of thiazole rings is 1. The van der Waals surface area contributed by atoms with Gasteiger partial charge in [0, 0.05) is 18.3 Å². The van der Waals surface area contributed by atoms with Gasteiger partial charge in [-0.1, -0.05) is 85.3 Å². The molecule has 3 aromatic carbocycles. The second-order valence-corrected chi connectivity index (χ2v) is 11.0. The number of benzene rings is 3. The third-order valence-electron chi connectivity index (χ3n) is 7.47. The summed E-state index contributed by atoms with van der Waals surface area (Å²) in [5.41, 5.74) is 10.0. The van der Waals surface area contributed by atoms with Crippen molar-refractivity contribution in [1.82, 2.24) is 9.88 Å². The standard InChI is InChI=1S/C32H36N4OS/c33-21-25-13-10-14-26(19-25)22-34-31(37)29(20-24-11-4-1-5-12-24)36-30(27-15-6-2-7-16-27)23-38-32(36)35-28-17-8-3-9-18-28/h1-9,11-12,15-18,23,25-26,29H,10,13-14,19-22,33H2,(H,34,37)/t25?,26?,29-/m1/s1. The maximum absolute atomic E-state index is 14.0. The molecular formula is C32H36N4OS. The molecule has 196 valence electrons. The van der Waals surface area contributed by atoms with Gasteiger partial charge in [0.25, 0.3) is 0 Å². The van der Waals surface area contributed by atoms with Gasteiger partial charge in [-0.05, 0) is 60.9 Å². The van der Waals surface area contributed by atoms with Gasteiger partial charge in [-0.15, -0.1) is 11.3 Å². The SMILES string of the molecule is NCC1CCCC(CNC(=O)[C@@H](Cc2ccccc2)n2c(-c3ccccc3)csc2=Nc2ccccc2)C1. The van der Waals surface area contributed by atoms with Crippen LogP contribution < -0.4 is 15.9 Å². The largest absolute Gasteiger partial charge is 0.354 e. The number of rotatable bonds is 9. The fraction of sp³-hybridized carbons (Fsp3) is 0.312. The summed E-state index contributed by atoms with van der Waals surface area (Å²) >= 11 is 1.57. The van der Waals surface area contributed by atoms with E-state index in [1.165, 1.54) is 12.8 Å². The number of nitrogens with one attached hydrogen (secondary N) is 1. The lowest BCUT2D eigenvalue weighted by Gasteiger charge is -2.29. The lowest BCUT2D eigenvalue weighted by atomic mass is 9.81. The van der Waals surface area contributed by atoms with Gasteiger partial charge >= 0.3 is 0 Å². The third-order valence-corrected chi connectivity index (χ3v) is 8.31. The van der Waals surface area contributed by atoms with E-state index in [9.17, 15) is 4.79 Å². The minimum absolute atomic E-state index is 0.0359. The van der Waals surface area contributed by atoms with Crippen LogP contribution in [0.25, 0.3) is 11.3 Å². The van der Waals surface area contributed by atoms with Gasteiger partial charge in [-0.2, -0.15) is 0 Å². The zero-order valence-corrected chi connectivity index (χ0v) is 22.5. The maximum atomic E-state index is 14.0. The summed E-state index contributed by atoms with van der Waals surface area (Å²) in [6.45, 7) is 1.42. The molecule has 2 unspecified atom stereocenters. The number of carbonyl (C=O) groups is 1. The Bertz CT molecular complexity index is 1360. The van der Waals surface area contributed by atoms with Crippen molar-refractivity contribution in [3.05, 3.63) is 107 Å². The van der Waals surface area contributed by atoms with E-state index in [0.717, 1.165) is 46.7 Å². The van der Waals surface area contributed by atoms with Crippen LogP contribution in [0.3, 0.4) is 0 Å². The molecule has 6 heteroatoms. The lowest BCUT2D eigenvalue weighted by molar-refractivity contribution is -0.124. The summed E-state index contributed by atoms with van der Waals surface area (Å²) in [5.74, 6) is 1.08. The minimum atomic E-state index is -0.435. The van der Waals surface area contributed by atoms with Crippen molar-refractivity contribution in [3.8, 4) is 11.3 Å². The van der Waals surface area contributed by atoms with Crippen LogP contribution in [-0.4, -0.2) is 23.6 Å². The molecule has 4 aromatic rings. The summed E-state index contributed by atoms with van der Waals surface area (Å²) in [6, 6.07) is 30.1. The number of carbonyl (C=O) groups excluding carboxylic acids is 1. The molecule has 0 saturated heterocycles. The van der Waals surface area contributed by atoms with E-state index in [4.69, 9.17) is 10.7 Å². The fourth-order valence-electron chi connectivity index (χ4n) is 5.44. The third kappa shape index (κ3) is 6.50. The van der Waals surface area contributed by atoms with Crippen molar-refractivity contribution in [1.29, 1.82) is 0 Å². The van der Waals surface area contributed by atoms with E-state index in [0.29, 0.717) is 24.8 Å². The minimum Gasteiger partial charge on any atom is -0.354 e. The Morgan fingerprint density at radius 1 is 0.947 bits per heavy atom. The maximum Gasteiger partial charge on any atom is 0.243 e. The summed E-state index contributed by atoms with van der Waals surface area (Å²) in [4.78, 5) is 19.8. The van der Waals surface area contributed by atoms with Gasteiger partial charge in [0.15, 0.2) is 4.80 Å². The second-order valence-electron chi connectivity index (χ2n) is 10.2. The highest BCUT2D eigenvalue weighted by atomic mass is 32.1. The lowest BCUT2D eigenvalue weighted by Crippen LogP contribution is -2.40. The van der Waals surface area contributed by atoms with Crippen molar-refractivity contribution in [2.45, 2.75) is 38.1 Å². The summed E-state index contributed by atoms with van der Waals surface area (Å²) in [7, 11) is 0. The molecule has 1 amide bonds. The first-order valence-electron chi connectivity index (χ1n) is 13.6. The van der Waals surface area contributed by atoms with Crippen LogP contribution in [0.4, 0.5) is 5.69 Å². The van der Waals surface area contributed by atoms with E-state index in [1.807, 2.05) is 66.7 Å². The van der Waals surface area contributed by atoms with Gasteiger partial charge in [0.05, 0.1) is 11.4 Å². The van der Waals surface area contributed by atoms with Crippen molar-refractivity contribution >= 4 is 22.9 Å². The Balaban J connectivity index is 1.53. The highest BCUT2D eigenvalue weighted by molar-refractivity contribution is 7.07. The summed E-state index contributed by atoms with van der Waals surface area (Å²) in [5, 5.41) is 5.46. The number of para-hydroxylation sites is 1. The molecule has 0 aliphatic heterocycles. The van der Waals surface area contributed by atoms with E-state index in [-0.39, 0.29) is 5.91 Å². The molecule has 3 N–H and O–H groups in total. The topological polar surface area (TPSA) is 72.4 Å². The number of hydrogen-bond acceptors (Lipinski definition) is 4. The average Bonchev–Trinajstić information content (AvgIpc) is 3.39. The first kappa shape index (κ1) is 26.1. The Hall–Kier alpha value is -3.48. The summed E-state index contributed by atoms with van der Waals surface area (Å²) in [6.07, 6.45) is 5.22. The normalized spacial score (nSPS) is 18.7. The highest BCUT2D eigenvalue weighted by Crippen LogP contribution is 2.29. The van der Waals surface area contributed by atoms with Crippen LogP contribution in [0, 0.1) is 11.8 Å². The molecule has 38 heavy (non-hydrogen) atoms. The van der Waals surface area contributed by atoms with E-state index in [2.05, 4.69) is 39.5 Å². The number of hydrogen-bond donors (Lipinski definition) is 2. The molecule has 1 aliphatic rings. The van der Waals surface area contributed by atoms with Crippen LogP contribution in [0.5, 0.6) is 0 Å². The number of aromatic nitrogens is 1. The molecule has 1 heterocycles. The second kappa shape index (κ2) is 12.9.